The summed E-state index contributed by atoms with van der Waals surface area (Å²) in [4.78, 5) is 43.9. The molecule has 1 aromatic carbocycles. The fourth-order valence-corrected chi connectivity index (χ4v) is 5.70. The average Bonchev–Trinajstić information content (AvgIpc) is 2.84. The van der Waals surface area contributed by atoms with Crippen LogP contribution in [0.1, 0.15) is 57.9 Å². The molecule has 0 spiro atoms. The smallest absolute Gasteiger partial charge is 0.334 e. The number of piperazine rings is 1. The molecule has 3 aliphatic rings. The molecule has 4 amide bonds. The highest BCUT2D eigenvalue weighted by molar-refractivity contribution is 5.91. The molecule has 3 fully saturated rings. The summed E-state index contributed by atoms with van der Waals surface area (Å²) in [5.74, 6) is 0.472. The van der Waals surface area contributed by atoms with Gasteiger partial charge in [0.05, 0.1) is 13.1 Å². The van der Waals surface area contributed by atoms with Gasteiger partial charge in [-0.05, 0) is 30.2 Å². The molecule has 2 heterocycles. The van der Waals surface area contributed by atoms with Crippen molar-refractivity contribution >= 4 is 17.8 Å². The molecule has 2 aliphatic heterocycles. The first kappa shape index (κ1) is 24.5. The van der Waals surface area contributed by atoms with E-state index in [1.54, 1.807) is 22.0 Å². The molecule has 2 unspecified atom stereocenters. The maximum Gasteiger partial charge on any atom is 0.334 e. The minimum atomic E-state index is -0.530. The van der Waals surface area contributed by atoms with Crippen LogP contribution in [0.5, 0.6) is 0 Å². The third-order valence-electron chi connectivity index (χ3n) is 7.75. The van der Waals surface area contributed by atoms with Gasteiger partial charge in [-0.25, -0.2) is 14.8 Å². The summed E-state index contributed by atoms with van der Waals surface area (Å²) in [5, 5.41) is 6.37. The summed E-state index contributed by atoms with van der Waals surface area (Å²) in [7, 11) is 1.78. The largest absolute Gasteiger partial charge is 0.337 e. The van der Waals surface area contributed by atoms with E-state index in [1.807, 2.05) is 42.2 Å². The molecule has 1 N–H and O–H groups in total. The molecule has 1 aliphatic carbocycles. The van der Waals surface area contributed by atoms with Crippen molar-refractivity contribution in [3.8, 4) is 0 Å². The van der Waals surface area contributed by atoms with Gasteiger partial charge in [-0.1, -0.05) is 69.9 Å². The highest BCUT2D eigenvalue weighted by Gasteiger charge is 2.52. The second kappa shape index (κ2) is 10.8. The van der Waals surface area contributed by atoms with Crippen molar-refractivity contribution in [2.24, 2.45) is 11.8 Å². The van der Waals surface area contributed by atoms with Gasteiger partial charge >= 0.3 is 6.03 Å². The SMILES string of the molecule is CC[C@@H](C)C1C(=O)N(CC2CCCCC2)CC2N1C(=O)CN(C)N2C(=O)NCc1ccccc1. The van der Waals surface area contributed by atoms with Gasteiger partial charge in [-0.15, -0.1) is 0 Å². The van der Waals surface area contributed by atoms with Gasteiger partial charge in [0.25, 0.3) is 0 Å². The number of hydrogen-bond acceptors (Lipinski definition) is 4. The number of likely N-dealkylation sites (N-methyl/N-ethyl adjacent to an activating group) is 1. The number of nitrogens with one attached hydrogen (secondary N) is 1. The molecule has 0 aromatic heterocycles. The van der Waals surface area contributed by atoms with Crippen LogP contribution in [0.4, 0.5) is 4.79 Å². The molecular formula is C26H39N5O3. The number of benzene rings is 1. The third-order valence-corrected chi connectivity index (χ3v) is 7.75. The van der Waals surface area contributed by atoms with Crippen LogP contribution >= 0.6 is 0 Å². The second-order valence-electron chi connectivity index (χ2n) is 10.2. The molecule has 2 saturated heterocycles. The number of urea groups is 1. The summed E-state index contributed by atoms with van der Waals surface area (Å²) in [6.45, 7) is 5.65. The first-order chi connectivity index (χ1) is 16.4. The molecular weight excluding hydrogens is 430 g/mol. The molecule has 0 bridgehead atoms. The summed E-state index contributed by atoms with van der Waals surface area (Å²) >= 11 is 0. The van der Waals surface area contributed by atoms with Gasteiger partial charge < -0.3 is 15.1 Å². The van der Waals surface area contributed by atoms with Gasteiger partial charge in [-0.2, -0.15) is 0 Å². The fourth-order valence-electron chi connectivity index (χ4n) is 5.70. The van der Waals surface area contributed by atoms with E-state index < -0.39 is 12.2 Å². The Kier molecular flexibility index (Phi) is 7.76. The molecule has 4 rings (SSSR count). The van der Waals surface area contributed by atoms with Gasteiger partial charge in [0, 0.05) is 20.1 Å². The Morgan fingerprint density at radius 3 is 2.50 bits per heavy atom. The lowest BCUT2D eigenvalue weighted by Gasteiger charge is -2.55. The lowest BCUT2D eigenvalue weighted by Crippen LogP contribution is -2.76. The van der Waals surface area contributed by atoms with Crippen LogP contribution in [-0.4, -0.2) is 76.6 Å². The van der Waals surface area contributed by atoms with Crippen molar-refractivity contribution < 1.29 is 14.4 Å². The van der Waals surface area contributed by atoms with Crippen molar-refractivity contribution in [3.63, 3.8) is 0 Å². The van der Waals surface area contributed by atoms with E-state index in [2.05, 4.69) is 12.2 Å². The predicted molar refractivity (Wildman–Crippen MR) is 130 cm³/mol. The van der Waals surface area contributed by atoms with E-state index in [9.17, 15) is 14.4 Å². The molecule has 1 aromatic rings. The van der Waals surface area contributed by atoms with Crippen LogP contribution < -0.4 is 5.32 Å². The Morgan fingerprint density at radius 2 is 1.82 bits per heavy atom. The minimum absolute atomic E-state index is 0.0192. The monoisotopic (exact) mass is 469 g/mol. The van der Waals surface area contributed by atoms with Crippen molar-refractivity contribution in [3.05, 3.63) is 35.9 Å². The number of hydrazine groups is 1. The molecule has 8 heteroatoms. The summed E-state index contributed by atoms with van der Waals surface area (Å²) in [6, 6.07) is 9.01. The first-order valence-electron chi connectivity index (χ1n) is 12.8. The maximum absolute atomic E-state index is 13.7. The van der Waals surface area contributed by atoms with Crippen LogP contribution in [0.25, 0.3) is 0 Å². The van der Waals surface area contributed by atoms with Crippen molar-refractivity contribution in [2.75, 3.05) is 26.7 Å². The lowest BCUT2D eigenvalue weighted by atomic mass is 9.87. The highest BCUT2D eigenvalue weighted by atomic mass is 16.2. The van der Waals surface area contributed by atoms with Crippen LogP contribution in [0.3, 0.4) is 0 Å². The Hall–Kier alpha value is -2.61. The molecule has 34 heavy (non-hydrogen) atoms. The standard InChI is InChI=1S/C26H39N5O3/c1-4-19(2)24-25(33)29(16-21-13-9-6-10-14-21)17-22-30(24)23(32)18-28(3)31(22)26(34)27-15-20-11-7-5-8-12-20/h5,7-8,11-12,19,21-22,24H,4,6,9-10,13-18H2,1-3H3,(H,27,34)/t19-,22?,24?/m1/s1. The highest BCUT2D eigenvalue weighted by Crippen LogP contribution is 2.32. The zero-order chi connectivity index (χ0) is 24.2. The molecule has 1 saturated carbocycles. The first-order valence-corrected chi connectivity index (χ1v) is 12.8. The van der Waals surface area contributed by atoms with Gasteiger partial charge in [0.15, 0.2) is 0 Å². The zero-order valence-electron chi connectivity index (χ0n) is 20.8. The number of fused-ring (bicyclic) bond motifs is 1. The topological polar surface area (TPSA) is 76.2 Å². The number of amides is 4. The quantitative estimate of drug-likeness (QED) is 0.695. The normalized spacial score (nSPS) is 25.3. The van der Waals surface area contributed by atoms with Crippen molar-refractivity contribution in [1.29, 1.82) is 0 Å². The van der Waals surface area contributed by atoms with Crippen LogP contribution in [0.2, 0.25) is 0 Å². The Bertz CT molecular complexity index is 872. The Labute approximate surface area is 203 Å². The second-order valence-corrected chi connectivity index (χ2v) is 10.2. The van der Waals surface area contributed by atoms with Crippen molar-refractivity contribution in [1.82, 2.24) is 25.1 Å². The van der Waals surface area contributed by atoms with E-state index in [0.717, 1.165) is 24.8 Å². The zero-order valence-corrected chi connectivity index (χ0v) is 20.8. The Balaban J connectivity index is 1.58. The van der Waals surface area contributed by atoms with Crippen LogP contribution in [-0.2, 0) is 16.1 Å². The number of carbonyl (C=O) groups is 3. The number of hydrogen-bond donors (Lipinski definition) is 1. The van der Waals surface area contributed by atoms with Crippen LogP contribution in [0, 0.1) is 11.8 Å². The van der Waals surface area contributed by atoms with E-state index in [-0.39, 0.29) is 30.3 Å². The predicted octanol–water partition coefficient (Wildman–Crippen LogP) is 3.05. The molecule has 8 nitrogen and oxygen atoms in total. The number of nitrogens with zero attached hydrogens (tertiary/aromatic N) is 4. The van der Waals surface area contributed by atoms with E-state index >= 15 is 0 Å². The summed E-state index contributed by atoms with van der Waals surface area (Å²) in [6.07, 6.45) is 6.28. The van der Waals surface area contributed by atoms with E-state index in [0.29, 0.717) is 25.6 Å². The van der Waals surface area contributed by atoms with Crippen molar-refractivity contribution in [2.45, 2.75) is 71.1 Å². The van der Waals surface area contributed by atoms with Gasteiger partial charge in [0.1, 0.15) is 12.2 Å². The summed E-state index contributed by atoms with van der Waals surface area (Å²) in [5.41, 5.74) is 1.01. The Morgan fingerprint density at radius 1 is 1.12 bits per heavy atom. The van der Waals surface area contributed by atoms with E-state index in [4.69, 9.17) is 0 Å². The van der Waals surface area contributed by atoms with Crippen LogP contribution in [0.15, 0.2) is 30.3 Å². The van der Waals surface area contributed by atoms with Gasteiger partial charge in [0.2, 0.25) is 11.8 Å². The number of carbonyl (C=O) groups excluding carboxylic acids is 3. The number of rotatable bonds is 6. The minimum Gasteiger partial charge on any atom is -0.337 e. The van der Waals surface area contributed by atoms with Gasteiger partial charge in [-0.3, -0.25) is 9.59 Å². The molecule has 0 radical (unpaired) electrons. The molecule has 186 valence electrons. The third kappa shape index (κ3) is 5.06. The maximum atomic E-state index is 13.7. The molecule has 3 atom stereocenters. The van der Waals surface area contributed by atoms with E-state index in [1.165, 1.54) is 19.3 Å². The average molecular weight is 470 g/mol. The summed E-state index contributed by atoms with van der Waals surface area (Å²) < 4.78 is 0. The fraction of sp³-hybridized carbons (Fsp3) is 0.654. The lowest BCUT2D eigenvalue weighted by molar-refractivity contribution is -0.191.